The van der Waals surface area contributed by atoms with Crippen molar-refractivity contribution >= 4 is 11.6 Å². The highest BCUT2D eigenvalue weighted by Crippen LogP contribution is 2.37. The third-order valence-electron chi connectivity index (χ3n) is 4.98. The summed E-state index contributed by atoms with van der Waals surface area (Å²) in [4.78, 5) is 11.3. The maximum Gasteiger partial charge on any atom is 0.221 e. The quantitative estimate of drug-likeness (QED) is 0.434. The number of carbonyl (C=O) groups is 1. The lowest BCUT2D eigenvalue weighted by Crippen LogP contribution is -2.16. The highest BCUT2D eigenvalue weighted by molar-refractivity contribution is 5.92. The number of aromatic hydroxyl groups is 1. The minimum Gasteiger partial charge on any atom is -0.505 e. The van der Waals surface area contributed by atoms with Gasteiger partial charge in [-0.15, -0.1) is 0 Å². The smallest absolute Gasteiger partial charge is 0.221 e. The fourth-order valence-electron chi connectivity index (χ4n) is 3.31. The first-order valence-corrected chi connectivity index (χ1v) is 9.55. The minimum atomic E-state index is -0.197. The number of hydrogen-bond donors (Lipinski definition) is 2. The van der Waals surface area contributed by atoms with E-state index in [9.17, 15) is 9.90 Å². The Kier molecular flexibility index (Phi) is 6.84. The van der Waals surface area contributed by atoms with E-state index in [0.717, 1.165) is 11.1 Å². The van der Waals surface area contributed by atoms with E-state index in [-0.39, 0.29) is 17.1 Å². The number of amides is 1. The molecule has 2 N–H and O–H groups in total. The fraction of sp³-hybridized carbons (Fsp3) is 0.435. The third kappa shape index (κ3) is 5.10. The average molecular weight is 354 g/mol. The molecular formula is C23H31NO2. The van der Waals surface area contributed by atoms with Gasteiger partial charge in [0.15, 0.2) is 0 Å². The number of hydrogen-bond acceptors (Lipinski definition) is 2. The van der Waals surface area contributed by atoms with E-state index in [1.807, 2.05) is 12.1 Å². The van der Waals surface area contributed by atoms with Crippen molar-refractivity contribution in [1.82, 2.24) is 0 Å². The van der Waals surface area contributed by atoms with Crippen molar-refractivity contribution in [2.24, 2.45) is 0 Å². The molecular weight excluding hydrogens is 322 g/mol. The highest BCUT2D eigenvalue weighted by atomic mass is 16.3. The lowest BCUT2D eigenvalue weighted by Gasteiger charge is -2.25. The molecule has 0 unspecified atom stereocenters. The topological polar surface area (TPSA) is 49.3 Å². The fourth-order valence-corrected chi connectivity index (χ4v) is 3.31. The summed E-state index contributed by atoms with van der Waals surface area (Å²) in [6.45, 7) is 8.26. The molecule has 0 aromatic heterocycles. The molecule has 0 fully saturated rings. The Hall–Kier alpha value is -2.29. The first-order valence-electron chi connectivity index (χ1n) is 9.55. The summed E-state index contributed by atoms with van der Waals surface area (Å²) in [5.41, 5.74) is 3.57. The molecule has 140 valence electrons. The Morgan fingerprint density at radius 1 is 1.04 bits per heavy atom. The van der Waals surface area contributed by atoms with E-state index in [2.05, 4.69) is 50.4 Å². The van der Waals surface area contributed by atoms with Gasteiger partial charge in [-0.3, -0.25) is 4.79 Å². The molecule has 0 aliphatic carbocycles. The number of nitrogens with one attached hydrogen (secondary N) is 1. The molecule has 3 heteroatoms. The van der Waals surface area contributed by atoms with Crippen LogP contribution in [-0.2, 0) is 10.2 Å². The van der Waals surface area contributed by atoms with Crippen molar-refractivity contribution in [3.8, 4) is 16.9 Å². The third-order valence-corrected chi connectivity index (χ3v) is 4.98. The van der Waals surface area contributed by atoms with Gasteiger partial charge in [0.2, 0.25) is 5.91 Å². The van der Waals surface area contributed by atoms with Crippen molar-refractivity contribution < 1.29 is 9.90 Å². The Morgan fingerprint density at radius 2 is 1.73 bits per heavy atom. The number of para-hydroxylation sites is 1. The van der Waals surface area contributed by atoms with Crippen LogP contribution in [0.1, 0.15) is 65.4 Å². The van der Waals surface area contributed by atoms with Crippen molar-refractivity contribution in [2.75, 3.05) is 5.32 Å². The van der Waals surface area contributed by atoms with E-state index in [1.165, 1.54) is 44.6 Å². The van der Waals surface area contributed by atoms with Crippen LogP contribution in [0.3, 0.4) is 0 Å². The normalized spacial score (nSPS) is 11.4. The van der Waals surface area contributed by atoms with Gasteiger partial charge in [0.25, 0.3) is 0 Å². The maximum atomic E-state index is 11.3. The highest BCUT2D eigenvalue weighted by Gasteiger charge is 2.20. The van der Waals surface area contributed by atoms with Gasteiger partial charge in [0.1, 0.15) is 5.75 Å². The zero-order chi connectivity index (χ0) is 19.2. The first kappa shape index (κ1) is 20.0. The monoisotopic (exact) mass is 353 g/mol. The molecule has 0 aliphatic rings. The lowest BCUT2D eigenvalue weighted by molar-refractivity contribution is -0.114. The second kappa shape index (κ2) is 8.88. The minimum absolute atomic E-state index is 0.106. The molecule has 0 saturated carbocycles. The van der Waals surface area contributed by atoms with Gasteiger partial charge in [0.05, 0.1) is 5.69 Å². The van der Waals surface area contributed by atoms with E-state index < -0.39 is 0 Å². The maximum absolute atomic E-state index is 11.3. The van der Waals surface area contributed by atoms with E-state index >= 15 is 0 Å². The predicted molar refractivity (Wildman–Crippen MR) is 110 cm³/mol. The zero-order valence-electron chi connectivity index (χ0n) is 16.4. The van der Waals surface area contributed by atoms with Gasteiger partial charge in [0, 0.05) is 12.5 Å². The molecule has 1 amide bonds. The van der Waals surface area contributed by atoms with Crippen LogP contribution >= 0.6 is 0 Å². The van der Waals surface area contributed by atoms with Crippen LogP contribution in [0.2, 0.25) is 0 Å². The van der Waals surface area contributed by atoms with Gasteiger partial charge in [-0.05, 0) is 29.0 Å². The molecule has 2 rings (SSSR count). The number of unbranched alkanes of at least 4 members (excludes halogenated alkanes) is 3. The number of carbonyl (C=O) groups excluding carboxylic acids is 1. The Labute approximate surface area is 157 Å². The Bertz CT molecular complexity index is 732. The summed E-state index contributed by atoms with van der Waals surface area (Å²) in [5, 5.41) is 13.1. The van der Waals surface area contributed by atoms with Crippen LogP contribution in [0.15, 0.2) is 42.5 Å². The summed E-state index contributed by atoms with van der Waals surface area (Å²) in [7, 11) is 0. The summed E-state index contributed by atoms with van der Waals surface area (Å²) in [5.74, 6) is -0.0908. The first-order chi connectivity index (χ1) is 12.3. The van der Waals surface area contributed by atoms with E-state index in [0.29, 0.717) is 5.69 Å². The molecule has 2 aromatic rings. The van der Waals surface area contributed by atoms with Crippen LogP contribution < -0.4 is 5.32 Å². The van der Waals surface area contributed by atoms with Gasteiger partial charge >= 0.3 is 0 Å². The van der Waals surface area contributed by atoms with Crippen LogP contribution in [0.5, 0.6) is 5.75 Å². The summed E-state index contributed by atoms with van der Waals surface area (Å²) < 4.78 is 0. The van der Waals surface area contributed by atoms with Crippen molar-refractivity contribution in [2.45, 2.75) is 65.2 Å². The molecule has 0 atom stereocenters. The molecule has 0 saturated heterocycles. The Morgan fingerprint density at radius 3 is 2.35 bits per heavy atom. The van der Waals surface area contributed by atoms with Crippen LogP contribution in [0.4, 0.5) is 5.69 Å². The zero-order valence-corrected chi connectivity index (χ0v) is 16.4. The number of benzene rings is 2. The molecule has 0 radical (unpaired) electrons. The molecule has 0 aliphatic heterocycles. The lowest BCUT2D eigenvalue weighted by atomic mass is 9.79. The summed E-state index contributed by atoms with van der Waals surface area (Å²) in [6.07, 6.45) is 6.29. The molecule has 26 heavy (non-hydrogen) atoms. The van der Waals surface area contributed by atoms with E-state index in [1.54, 1.807) is 6.07 Å². The largest absolute Gasteiger partial charge is 0.505 e. The van der Waals surface area contributed by atoms with E-state index in [4.69, 9.17) is 0 Å². The van der Waals surface area contributed by atoms with Gasteiger partial charge in [-0.25, -0.2) is 0 Å². The second-order valence-electron chi connectivity index (χ2n) is 7.65. The number of phenolic OH excluding ortho intramolecular Hbond substituents is 1. The van der Waals surface area contributed by atoms with Gasteiger partial charge in [-0.1, -0.05) is 82.9 Å². The molecule has 0 heterocycles. The van der Waals surface area contributed by atoms with Crippen molar-refractivity contribution in [3.63, 3.8) is 0 Å². The summed E-state index contributed by atoms with van der Waals surface area (Å²) in [6, 6.07) is 13.8. The molecule has 0 spiro atoms. The second-order valence-corrected chi connectivity index (χ2v) is 7.65. The van der Waals surface area contributed by atoms with Gasteiger partial charge < -0.3 is 10.4 Å². The van der Waals surface area contributed by atoms with Crippen LogP contribution in [0, 0.1) is 0 Å². The average Bonchev–Trinajstić information content (AvgIpc) is 2.60. The molecule has 3 nitrogen and oxygen atoms in total. The van der Waals surface area contributed by atoms with Gasteiger partial charge in [-0.2, -0.15) is 0 Å². The molecule has 0 bridgehead atoms. The predicted octanol–water partition coefficient (Wildman–Crippen LogP) is 6.27. The molecule has 2 aromatic carbocycles. The summed E-state index contributed by atoms with van der Waals surface area (Å²) >= 11 is 0. The van der Waals surface area contributed by atoms with Crippen molar-refractivity contribution in [1.29, 1.82) is 0 Å². The Balaban J connectivity index is 2.18. The SMILES string of the molecule is CCCCCCC(C)(C)c1ccc(-c2cccc(NC(C)=O)c2O)cc1. The number of rotatable bonds is 8. The van der Waals surface area contributed by atoms with Crippen LogP contribution in [-0.4, -0.2) is 11.0 Å². The van der Waals surface area contributed by atoms with Crippen molar-refractivity contribution in [3.05, 3.63) is 48.0 Å². The van der Waals surface area contributed by atoms with Crippen LogP contribution in [0.25, 0.3) is 11.1 Å². The number of phenols is 1. The standard InChI is InChI=1S/C23H31NO2/c1-5-6-7-8-16-23(3,4)19-14-12-18(13-15-19)20-10-9-11-21(22(20)26)24-17(2)25/h9-15,26H,5-8,16H2,1-4H3,(H,24,25). The number of anilines is 1.